The van der Waals surface area contributed by atoms with Gasteiger partial charge in [-0.25, -0.2) is 13.2 Å². The first-order valence-electron chi connectivity index (χ1n) is 9.65. The monoisotopic (exact) mass is 379 g/mol. The lowest BCUT2D eigenvalue weighted by Crippen LogP contribution is -2.43. The number of anilines is 1. The summed E-state index contributed by atoms with van der Waals surface area (Å²) in [4.78, 5) is 12.6. The molecule has 1 saturated carbocycles. The van der Waals surface area contributed by atoms with Gasteiger partial charge in [0.1, 0.15) is 4.90 Å². The Balaban J connectivity index is 1.73. The summed E-state index contributed by atoms with van der Waals surface area (Å²) >= 11 is 0. The van der Waals surface area contributed by atoms with E-state index in [1.165, 1.54) is 10.7 Å². The third kappa shape index (κ3) is 4.38. The van der Waals surface area contributed by atoms with E-state index in [2.05, 4.69) is 17.6 Å². The van der Waals surface area contributed by atoms with E-state index in [9.17, 15) is 13.2 Å². The fraction of sp³-hybridized carbons (Fsp3) is 0.632. The van der Waals surface area contributed by atoms with Gasteiger partial charge in [0, 0.05) is 19.1 Å². The molecule has 1 saturated heterocycles. The minimum Gasteiger partial charge on any atom is -0.335 e. The van der Waals surface area contributed by atoms with Crippen molar-refractivity contribution in [3.8, 4) is 0 Å². The van der Waals surface area contributed by atoms with Crippen LogP contribution in [-0.4, -0.2) is 37.9 Å². The van der Waals surface area contributed by atoms with Crippen molar-refractivity contribution in [3.63, 3.8) is 0 Å². The van der Waals surface area contributed by atoms with Crippen LogP contribution in [0.5, 0.6) is 0 Å². The molecule has 1 heterocycles. The Morgan fingerprint density at radius 2 is 1.73 bits per heavy atom. The number of amides is 2. The molecule has 2 N–H and O–H groups in total. The molecule has 6 nitrogen and oxygen atoms in total. The van der Waals surface area contributed by atoms with Gasteiger partial charge in [0.25, 0.3) is 0 Å². The molecular weight excluding hydrogens is 350 g/mol. The third-order valence-electron chi connectivity index (χ3n) is 5.50. The molecule has 0 spiro atoms. The molecule has 2 amide bonds. The summed E-state index contributed by atoms with van der Waals surface area (Å²) in [6, 6.07) is 6.49. The Labute approximate surface area is 156 Å². The maximum absolute atomic E-state index is 13.0. The first kappa shape index (κ1) is 19.2. The van der Waals surface area contributed by atoms with Crippen molar-refractivity contribution in [2.45, 2.75) is 62.8 Å². The molecule has 1 aliphatic heterocycles. The van der Waals surface area contributed by atoms with Gasteiger partial charge in [-0.2, -0.15) is 4.31 Å². The Morgan fingerprint density at radius 1 is 1.04 bits per heavy atom. The maximum atomic E-state index is 13.0. The van der Waals surface area contributed by atoms with Crippen molar-refractivity contribution in [1.82, 2.24) is 9.62 Å². The normalized spacial score (nSPS) is 24.8. The van der Waals surface area contributed by atoms with E-state index in [0.29, 0.717) is 24.7 Å². The standard InChI is InChI=1S/C19H29N3O3S/c1-15-9-3-4-10-16(15)20-19(23)21-17-11-5-6-12-18(17)26(24,25)22-13-7-2-8-14-22/h5-6,11-12,15-16H,2-4,7-10,13-14H2,1H3,(H2,20,21,23). The SMILES string of the molecule is CC1CCCCC1NC(=O)Nc1ccccc1S(=O)(=O)N1CCCCC1. The number of benzene rings is 1. The van der Waals surface area contributed by atoms with Crippen LogP contribution >= 0.6 is 0 Å². The highest BCUT2D eigenvalue weighted by Crippen LogP contribution is 2.27. The zero-order valence-electron chi connectivity index (χ0n) is 15.4. The quantitative estimate of drug-likeness (QED) is 0.839. The van der Waals surface area contributed by atoms with Gasteiger partial charge in [0.15, 0.2) is 0 Å². The number of para-hydroxylation sites is 1. The first-order chi connectivity index (χ1) is 12.5. The van der Waals surface area contributed by atoms with Crippen LogP contribution in [0.15, 0.2) is 29.2 Å². The summed E-state index contributed by atoms with van der Waals surface area (Å²) in [7, 11) is -3.59. The first-order valence-corrected chi connectivity index (χ1v) is 11.1. The number of piperidine rings is 1. The van der Waals surface area contributed by atoms with Gasteiger partial charge in [0.2, 0.25) is 10.0 Å². The number of nitrogens with one attached hydrogen (secondary N) is 2. The highest BCUT2D eigenvalue weighted by molar-refractivity contribution is 7.89. The summed E-state index contributed by atoms with van der Waals surface area (Å²) in [6.07, 6.45) is 7.25. The van der Waals surface area contributed by atoms with E-state index < -0.39 is 10.0 Å². The van der Waals surface area contributed by atoms with Gasteiger partial charge in [-0.1, -0.05) is 38.3 Å². The lowest BCUT2D eigenvalue weighted by atomic mass is 9.86. The molecule has 2 aliphatic rings. The summed E-state index contributed by atoms with van der Waals surface area (Å²) < 4.78 is 27.5. The Morgan fingerprint density at radius 3 is 2.46 bits per heavy atom. The second-order valence-corrected chi connectivity index (χ2v) is 9.33. The molecule has 2 fully saturated rings. The zero-order valence-corrected chi connectivity index (χ0v) is 16.2. The van der Waals surface area contributed by atoms with Crippen molar-refractivity contribution in [3.05, 3.63) is 24.3 Å². The van der Waals surface area contributed by atoms with Crippen molar-refractivity contribution in [1.29, 1.82) is 0 Å². The summed E-state index contributed by atoms with van der Waals surface area (Å²) in [6.45, 7) is 3.24. The van der Waals surface area contributed by atoms with E-state index in [0.717, 1.165) is 38.5 Å². The van der Waals surface area contributed by atoms with Gasteiger partial charge >= 0.3 is 6.03 Å². The van der Waals surface area contributed by atoms with Crippen LogP contribution in [0.2, 0.25) is 0 Å². The number of carbonyl (C=O) groups excluding carboxylic acids is 1. The van der Waals surface area contributed by atoms with Crippen LogP contribution < -0.4 is 10.6 Å². The largest absolute Gasteiger partial charge is 0.335 e. The van der Waals surface area contributed by atoms with E-state index in [4.69, 9.17) is 0 Å². The second-order valence-electron chi connectivity index (χ2n) is 7.43. The lowest BCUT2D eigenvalue weighted by molar-refractivity contribution is 0.232. The van der Waals surface area contributed by atoms with Crippen LogP contribution in [0.25, 0.3) is 0 Å². The molecule has 1 aliphatic carbocycles. The highest BCUT2D eigenvalue weighted by atomic mass is 32.2. The number of carbonyl (C=O) groups is 1. The molecular formula is C19H29N3O3S. The van der Waals surface area contributed by atoms with E-state index >= 15 is 0 Å². The molecule has 0 radical (unpaired) electrons. The minimum atomic E-state index is -3.59. The average Bonchev–Trinajstić information content (AvgIpc) is 2.65. The smallest absolute Gasteiger partial charge is 0.319 e. The predicted molar refractivity (Wildman–Crippen MR) is 103 cm³/mol. The number of hydrogen-bond acceptors (Lipinski definition) is 3. The van der Waals surface area contributed by atoms with Crippen molar-refractivity contribution in [2.75, 3.05) is 18.4 Å². The molecule has 144 valence electrons. The number of hydrogen-bond donors (Lipinski definition) is 2. The zero-order chi connectivity index (χ0) is 18.6. The number of urea groups is 1. The van der Waals surface area contributed by atoms with Crippen molar-refractivity contribution >= 4 is 21.7 Å². The van der Waals surface area contributed by atoms with Crippen LogP contribution in [0.1, 0.15) is 51.9 Å². The van der Waals surface area contributed by atoms with Gasteiger partial charge in [-0.3, -0.25) is 0 Å². The van der Waals surface area contributed by atoms with Crippen molar-refractivity contribution < 1.29 is 13.2 Å². The average molecular weight is 380 g/mol. The molecule has 26 heavy (non-hydrogen) atoms. The molecule has 2 unspecified atom stereocenters. The van der Waals surface area contributed by atoms with E-state index in [1.807, 2.05) is 0 Å². The molecule has 3 rings (SSSR count). The topological polar surface area (TPSA) is 78.5 Å². The fourth-order valence-corrected chi connectivity index (χ4v) is 5.56. The van der Waals surface area contributed by atoms with Crippen molar-refractivity contribution in [2.24, 2.45) is 5.92 Å². The number of rotatable bonds is 4. The molecule has 1 aromatic carbocycles. The highest BCUT2D eigenvalue weighted by Gasteiger charge is 2.29. The maximum Gasteiger partial charge on any atom is 0.319 e. The van der Waals surface area contributed by atoms with E-state index in [1.54, 1.807) is 24.3 Å². The second kappa shape index (κ2) is 8.39. The molecule has 0 bridgehead atoms. The van der Waals surface area contributed by atoms with Gasteiger partial charge in [0.05, 0.1) is 5.69 Å². The molecule has 7 heteroatoms. The fourth-order valence-electron chi connectivity index (χ4n) is 3.90. The Hall–Kier alpha value is -1.60. The predicted octanol–water partition coefficient (Wildman–Crippen LogP) is 3.56. The van der Waals surface area contributed by atoms with Crippen LogP contribution in [0.4, 0.5) is 10.5 Å². The third-order valence-corrected chi connectivity index (χ3v) is 7.45. The summed E-state index contributed by atoms with van der Waals surface area (Å²) in [5, 5.41) is 5.78. The summed E-state index contributed by atoms with van der Waals surface area (Å²) in [5.41, 5.74) is 0.346. The van der Waals surface area contributed by atoms with Crippen LogP contribution in [-0.2, 0) is 10.0 Å². The number of nitrogens with zero attached hydrogens (tertiary/aromatic N) is 1. The molecule has 1 aromatic rings. The minimum absolute atomic E-state index is 0.148. The lowest BCUT2D eigenvalue weighted by Gasteiger charge is -2.30. The summed E-state index contributed by atoms with van der Waals surface area (Å²) in [5.74, 6) is 0.446. The van der Waals surface area contributed by atoms with Crippen LogP contribution in [0, 0.1) is 5.92 Å². The molecule has 2 atom stereocenters. The van der Waals surface area contributed by atoms with Gasteiger partial charge in [-0.05, 0) is 43.7 Å². The van der Waals surface area contributed by atoms with E-state index in [-0.39, 0.29) is 17.0 Å². The Bertz CT molecular complexity index is 729. The van der Waals surface area contributed by atoms with Crippen LogP contribution in [0.3, 0.4) is 0 Å². The number of sulfonamides is 1. The molecule has 0 aromatic heterocycles. The Kier molecular flexibility index (Phi) is 6.19. The van der Waals surface area contributed by atoms with Gasteiger partial charge < -0.3 is 10.6 Å². The van der Waals surface area contributed by atoms with Gasteiger partial charge in [-0.15, -0.1) is 0 Å².